The molecule has 1 aromatic heterocycles. The number of nitrogens with zero attached hydrogens (tertiary/aromatic N) is 2. The van der Waals surface area contributed by atoms with Crippen LogP contribution in [-0.4, -0.2) is 47.4 Å². The fourth-order valence-electron chi connectivity index (χ4n) is 2.40. The Hall–Kier alpha value is -0.650. The van der Waals surface area contributed by atoms with Crippen LogP contribution < -0.4 is 5.32 Å². The van der Waals surface area contributed by atoms with Crippen molar-refractivity contribution < 1.29 is 13.2 Å². The van der Waals surface area contributed by atoms with Gasteiger partial charge in [-0.2, -0.15) is 0 Å². The van der Waals surface area contributed by atoms with E-state index in [1.54, 1.807) is 22.9 Å². The quantitative estimate of drug-likeness (QED) is 0.533. The number of hydrogen-bond acceptors (Lipinski definition) is 7. The number of nitrogens with one attached hydrogen (secondary N) is 1. The highest BCUT2D eigenvalue weighted by molar-refractivity contribution is 8.01. The smallest absolute Gasteiger partial charge is 0.230 e. The number of amides is 1. The predicted molar refractivity (Wildman–Crippen MR) is 108 cm³/mol. The van der Waals surface area contributed by atoms with Crippen molar-refractivity contribution in [1.82, 2.24) is 15.1 Å². The highest BCUT2D eigenvalue weighted by Crippen LogP contribution is 2.28. The molecular formula is C14H13Cl2N3O3S4. The van der Waals surface area contributed by atoms with E-state index in [4.69, 9.17) is 35.4 Å². The maximum Gasteiger partial charge on any atom is 0.230 e. The third-order valence-corrected chi connectivity index (χ3v) is 8.47. The first-order valence-corrected chi connectivity index (χ1v) is 12.2. The van der Waals surface area contributed by atoms with Gasteiger partial charge in [0.1, 0.15) is 0 Å². The second-order valence-electron chi connectivity index (χ2n) is 5.60. The van der Waals surface area contributed by atoms with Crippen molar-refractivity contribution in [2.24, 2.45) is 0 Å². The number of hydrogen-bond donors (Lipinski definition) is 1. The normalized spacial score (nSPS) is 18.8. The molecule has 140 valence electrons. The van der Waals surface area contributed by atoms with E-state index in [0.717, 1.165) is 0 Å². The molecule has 1 saturated heterocycles. The molecule has 0 radical (unpaired) electrons. The summed E-state index contributed by atoms with van der Waals surface area (Å²) in [6, 6.07) is 4.78. The lowest BCUT2D eigenvalue weighted by atomic mass is 10.3. The SMILES string of the molecule is O=C(CSc1nn(-c2ccc(Cl)c(Cl)c2)c(=S)s1)NC1CCS(=O)(=O)C1. The van der Waals surface area contributed by atoms with Crippen LogP contribution in [0.25, 0.3) is 5.69 Å². The molecule has 1 aliphatic rings. The summed E-state index contributed by atoms with van der Waals surface area (Å²) in [5.41, 5.74) is 0.688. The summed E-state index contributed by atoms with van der Waals surface area (Å²) in [7, 11) is -3.02. The Morgan fingerprint density at radius 1 is 1.42 bits per heavy atom. The van der Waals surface area contributed by atoms with Crippen LogP contribution in [0.4, 0.5) is 0 Å². The van der Waals surface area contributed by atoms with E-state index in [1.165, 1.54) is 23.1 Å². The number of carbonyl (C=O) groups excluding carboxylic acids is 1. The Morgan fingerprint density at radius 3 is 2.85 bits per heavy atom. The summed E-state index contributed by atoms with van der Waals surface area (Å²) < 4.78 is 25.6. The second kappa shape index (κ2) is 8.15. The standard InChI is InChI=1S/C14H13Cl2N3O3S4/c15-10-2-1-9(5-11(10)16)19-14(23)25-13(18-19)24-6-12(20)17-8-3-4-26(21,22)7-8/h1-2,5,8H,3-4,6-7H2,(H,17,20). The molecule has 1 aromatic carbocycles. The van der Waals surface area contributed by atoms with Gasteiger partial charge < -0.3 is 5.32 Å². The van der Waals surface area contributed by atoms with Crippen LogP contribution in [0, 0.1) is 3.95 Å². The lowest BCUT2D eigenvalue weighted by molar-refractivity contribution is -0.119. The Kier molecular flexibility index (Phi) is 6.30. The van der Waals surface area contributed by atoms with Crippen molar-refractivity contribution in [3.8, 4) is 5.69 Å². The van der Waals surface area contributed by atoms with Gasteiger partial charge >= 0.3 is 0 Å². The summed E-state index contributed by atoms with van der Waals surface area (Å²) in [5.74, 6) is 0.0500. The Morgan fingerprint density at radius 2 is 2.19 bits per heavy atom. The summed E-state index contributed by atoms with van der Waals surface area (Å²) in [5, 5.41) is 7.98. The largest absolute Gasteiger partial charge is 0.352 e. The number of halogens is 2. The third kappa shape index (κ3) is 4.99. The molecule has 26 heavy (non-hydrogen) atoms. The molecule has 1 aliphatic heterocycles. The Labute approximate surface area is 173 Å². The Balaban J connectivity index is 1.62. The van der Waals surface area contributed by atoms with Gasteiger partial charge in [-0.25, -0.2) is 13.1 Å². The van der Waals surface area contributed by atoms with Crippen molar-refractivity contribution >= 4 is 74.3 Å². The van der Waals surface area contributed by atoms with E-state index in [2.05, 4.69) is 10.4 Å². The van der Waals surface area contributed by atoms with Crippen molar-refractivity contribution in [2.75, 3.05) is 17.3 Å². The van der Waals surface area contributed by atoms with E-state index >= 15 is 0 Å². The van der Waals surface area contributed by atoms with Crippen LogP contribution in [0.5, 0.6) is 0 Å². The maximum absolute atomic E-state index is 12.0. The lowest BCUT2D eigenvalue weighted by Gasteiger charge is -2.09. The first-order chi connectivity index (χ1) is 12.2. The minimum Gasteiger partial charge on any atom is -0.352 e. The summed E-state index contributed by atoms with van der Waals surface area (Å²) in [6.07, 6.45) is 0.462. The van der Waals surface area contributed by atoms with Crippen molar-refractivity contribution in [2.45, 2.75) is 16.8 Å². The number of benzene rings is 1. The van der Waals surface area contributed by atoms with Crippen LogP contribution in [0.15, 0.2) is 22.5 Å². The van der Waals surface area contributed by atoms with Crippen molar-refractivity contribution in [3.05, 3.63) is 32.2 Å². The molecule has 2 aromatic rings. The molecule has 0 saturated carbocycles. The first kappa shape index (κ1) is 20.1. The zero-order valence-corrected chi connectivity index (χ0v) is 17.9. The molecule has 6 nitrogen and oxygen atoms in total. The van der Waals surface area contributed by atoms with Crippen LogP contribution in [0.2, 0.25) is 10.0 Å². The molecule has 1 N–H and O–H groups in total. The number of rotatable bonds is 5. The van der Waals surface area contributed by atoms with Crippen LogP contribution in [0.1, 0.15) is 6.42 Å². The zero-order valence-electron chi connectivity index (χ0n) is 13.1. The van der Waals surface area contributed by atoms with Crippen molar-refractivity contribution in [3.63, 3.8) is 0 Å². The maximum atomic E-state index is 12.0. The van der Waals surface area contributed by atoms with E-state index in [1.807, 2.05) is 0 Å². The molecule has 2 heterocycles. The predicted octanol–water partition coefficient (Wildman–Crippen LogP) is 3.37. The molecule has 1 amide bonds. The first-order valence-electron chi connectivity index (χ1n) is 7.42. The topological polar surface area (TPSA) is 81.1 Å². The number of carbonyl (C=O) groups is 1. The summed E-state index contributed by atoms with van der Waals surface area (Å²) >= 11 is 19.8. The van der Waals surface area contributed by atoms with Gasteiger partial charge in [0.25, 0.3) is 0 Å². The minimum atomic E-state index is -3.02. The number of sulfone groups is 1. The molecule has 1 unspecified atom stereocenters. The fourth-order valence-corrected chi connectivity index (χ4v) is 6.54. The number of thioether (sulfide) groups is 1. The molecule has 0 aliphatic carbocycles. The van der Waals surface area contributed by atoms with E-state index in [-0.39, 0.29) is 29.2 Å². The van der Waals surface area contributed by atoms with Gasteiger partial charge in [0.05, 0.1) is 33.0 Å². The van der Waals surface area contributed by atoms with Gasteiger partial charge in [-0.05, 0) is 36.8 Å². The van der Waals surface area contributed by atoms with Crippen LogP contribution in [-0.2, 0) is 14.6 Å². The van der Waals surface area contributed by atoms with Crippen LogP contribution in [0.3, 0.4) is 0 Å². The molecule has 1 atom stereocenters. The molecule has 12 heteroatoms. The van der Waals surface area contributed by atoms with E-state index in [9.17, 15) is 13.2 Å². The fraction of sp³-hybridized carbons (Fsp3) is 0.357. The molecular weight excluding hydrogens is 457 g/mol. The molecule has 0 spiro atoms. The highest BCUT2D eigenvalue weighted by atomic mass is 35.5. The van der Waals surface area contributed by atoms with Gasteiger partial charge in [0.2, 0.25) is 5.91 Å². The summed E-state index contributed by atoms with van der Waals surface area (Å²) in [4.78, 5) is 12.0. The van der Waals surface area contributed by atoms with E-state index in [0.29, 0.717) is 30.4 Å². The van der Waals surface area contributed by atoms with Gasteiger partial charge in [0, 0.05) is 6.04 Å². The monoisotopic (exact) mass is 469 g/mol. The van der Waals surface area contributed by atoms with Gasteiger partial charge in [-0.15, -0.1) is 5.10 Å². The third-order valence-electron chi connectivity index (χ3n) is 3.60. The Bertz CT molecular complexity index is 1000. The van der Waals surface area contributed by atoms with Gasteiger partial charge in [-0.1, -0.05) is 46.3 Å². The second-order valence-corrected chi connectivity index (χ2v) is 11.5. The average molecular weight is 470 g/mol. The number of aromatic nitrogens is 2. The van der Waals surface area contributed by atoms with Gasteiger partial charge in [-0.3, -0.25) is 4.79 Å². The summed E-state index contributed by atoms with van der Waals surface area (Å²) in [6.45, 7) is 0. The minimum absolute atomic E-state index is 0.00823. The molecule has 0 bridgehead atoms. The van der Waals surface area contributed by atoms with Crippen LogP contribution >= 0.6 is 58.5 Å². The van der Waals surface area contributed by atoms with E-state index < -0.39 is 9.84 Å². The zero-order chi connectivity index (χ0) is 18.9. The molecule has 3 rings (SSSR count). The van der Waals surface area contributed by atoms with Crippen molar-refractivity contribution in [1.29, 1.82) is 0 Å². The lowest BCUT2D eigenvalue weighted by Crippen LogP contribution is -2.36. The average Bonchev–Trinajstić information content (AvgIpc) is 3.10. The van der Waals surface area contributed by atoms with Gasteiger partial charge in [0.15, 0.2) is 18.1 Å². The highest BCUT2D eigenvalue weighted by Gasteiger charge is 2.28. The molecule has 1 fully saturated rings.